The molecule has 3 N–H and O–H groups in total. The number of aromatic nitrogens is 4. The van der Waals surface area contributed by atoms with Crippen LogP contribution in [0.2, 0.25) is 0 Å². The third-order valence-corrected chi connectivity index (χ3v) is 6.76. The van der Waals surface area contributed by atoms with Gasteiger partial charge in [0.25, 0.3) is 5.56 Å². The van der Waals surface area contributed by atoms with Crippen LogP contribution in [0.15, 0.2) is 45.5 Å². The van der Waals surface area contributed by atoms with Crippen LogP contribution >= 0.6 is 0 Å². The largest absolute Gasteiger partial charge is 0.341 e. The quantitative estimate of drug-likeness (QED) is 0.342. The molecule has 38 heavy (non-hydrogen) atoms. The van der Waals surface area contributed by atoms with Crippen LogP contribution in [-0.4, -0.2) is 49.5 Å². The average Bonchev–Trinajstić information content (AvgIpc) is 3.28. The number of imidazole rings is 1. The van der Waals surface area contributed by atoms with E-state index in [1.165, 1.54) is 4.57 Å². The van der Waals surface area contributed by atoms with Gasteiger partial charge in [0.2, 0.25) is 11.9 Å². The molecule has 1 unspecified atom stereocenters. The van der Waals surface area contributed by atoms with Gasteiger partial charge in [0.05, 0.1) is 12.2 Å². The predicted molar refractivity (Wildman–Crippen MR) is 148 cm³/mol. The van der Waals surface area contributed by atoms with Crippen LogP contribution in [0, 0.1) is 0 Å². The van der Waals surface area contributed by atoms with Crippen LogP contribution in [0.4, 0.5) is 11.6 Å². The Balaban J connectivity index is 1.84. The molecule has 1 aliphatic rings. The highest BCUT2D eigenvalue weighted by molar-refractivity contribution is 6.04. The van der Waals surface area contributed by atoms with Gasteiger partial charge in [0, 0.05) is 44.7 Å². The summed E-state index contributed by atoms with van der Waals surface area (Å²) in [6.45, 7) is 6.90. The summed E-state index contributed by atoms with van der Waals surface area (Å²) in [5, 5.41) is 2.71. The lowest BCUT2D eigenvalue weighted by Crippen LogP contribution is -2.44. The van der Waals surface area contributed by atoms with Crippen molar-refractivity contribution in [1.82, 2.24) is 18.7 Å². The average molecular weight is 522 g/mol. The first-order valence-electron chi connectivity index (χ1n) is 12.9. The number of nitrogens with one attached hydrogen (secondary N) is 1. The van der Waals surface area contributed by atoms with Crippen molar-refractivity contribution < 1.29 is 9.59 Å². The van der Waals surface area contributed by atoms with Gasteiger partial charge in [0.1, 0.15) is 0 Å². The van der Waals surface area contributed by atoms with Crippen LogP contribution in [0.5, 0.6) is 0 Å². The number of amides is 1. The molecule has 2 aromatic heterocycles. The third kappa shape index (κ3) is 5.33. The second kappa shape index (κ2) is 11.2. The number of carbonyl (C=O) groups is 2. The number of fused-ring (bicyclic) bond motifs is 1. The molecule has 1 saturated heterocycles. The maximum atomic E-state index is 13.8. The molecule has 3 heterocycles. The number of anilines is 2. The van der Waals surface area contributed by atoms with Gasteiger partial charge in [-0.05, 0) is 38.8 Å². The van der Waals surface area contributed by atoms with Crippen LogP contribution < -0.4 is 27.2 Å². The first-order valence-corrected chi connectivity index (χ1v) is 12.9. The molecule has 0 bridgehead atoms. The summed E-state index contributed by atoms with van der Waals surface area (Å²) in [5.74, 6) is -0.127. The molecule has 11 heteroatoms. The highest BCUT2D eigenvalue weighted by atomic mass is 16.2. The zero-order chi connectivity index (χ0) is 27.6. The highest BCUT2D eigenvalue weighted by Crippen LogP contribution is 2.23. The zero-order valence-electron chi connectivity index (χ0n) is 22.4. The molecular weight excluding hydrogens is 486 g/mol. The molecule has 3 aromatic rings. The molecule has 1 atom stereocenters. The van der Waals surface area contributed by atoms with E-state index in [0.29, 0.717) is 24.7 Å². The maximum Gasteiger partial charge on any atom is 0.332 e. The maximum absolute atomic E-state index is 13.8. The van der Waals surface area contributed by atoms with E-state index in [9.17, 15) is 19.2 Å². The summed E-state index contributed by atoms with van der Waals surface area (Å²) < 4.78 is 4.05. The van der Waals surface area contributed by atoms with Crippen LogP contribution in [0.3, 0.4) is 0 Å². The van der Waals surface area contributed by atoms with Gasteiger partial charge in [-0.3, -0.25) is 23.5 Å². The molecule has 0 spiro atoms. The Morgan fingerprint density at radius 2 is 1.92 bits per heavy atom. The molecule has 4 rings (SSSR count). The van der Waals surface area contributed by atoms with E-state index in [1.54, 1.807) is 42.8 Å². The fourth-order valence-corrected chi connectivity index (χ4v) is 4.68. The molecule has 1 amide bonds. The summed E-state index contributed by atoms with van der Waals surface area (Å²) in [6, 6.07) is 6.55. The molecular formula is C27H35N7O4. The normalized spacial score (nSPS) is 15.5. The summed E-state index contributed by atoms with van der Waals surface area (Å²) in [5.41, 5.74) is 7.14. The summed E-state index contributed by atoms with van der Waals surface area (Å²) in [4.78, 5) is 59.2. The Morgan fingerprint density at radius 3 is 2.61 bits per heavy atom. The summed E-state index contributed by atoms with van der Waals surface area (Å²) >= 11 is 0. The number of piperidine rings is 1. The molecule has 0 aliphatic carbocycles. The Labute approximate surface area is 220 Å². The second-order valence-electron chi connectivity index (χ2n) is 9.93. The van der Waals surface area contributed by atoms with Crippen molar-refractivity contribution in [3.05, 3.63) is 62.3 Å². The van der Waals surface area contributed by atoms with Gasteiger partial charge in [-0.25, -0.2) is 4.79 Å². The molecule has 1 aromatic carbocycles. The predicted octanol–water partition coefficient (Wildman–Crippen LogP) is 2.02. The molecule has 0 saturated carbocycles. The van der Waals surface area contributed by atoms with Gasteiger partial charge in [0.15, 0.2) is 16.9 Å². The lowest BCUT2D eigenvalue weighted by molar-refractivity contribution is -0.115. The van der Waals surface area contributed by atoms with Crippen LogP contribution in [0.1, 0.15) is 50.4 Å². The molecule has 0 radical (unpaired) electrons. The monoisotopic (exact) mass is 521 g/mol. The first-order chi connectivity index (χ1) is 18.1. The van der Waals surface area contributed by atoms with Crippen LogP contribution in [-0.2, 0) is 24.9 Å². The van der Waals surface area contributed by atoms with E-state index in [0.717, 1.165) is 29.5 Å². The second-order valence-corrected chi connectivity index (χ2v) is 9.93. The summed E-state index contributed by atoms with van der Waals surface area (Å²) in [7, 11) is 1.55. The van der Waals surface area contributed by atoms with E-state index in [1.807, 2.05) is 19.9 Å². The number of hydrogen-bond acceptors (Lipinski definition) is 7. The van der Waals surface area contributed by atoms with Gasteiger partial charge < -0.3 is 20.5 Å². The van der Waals surface area contributed by atoms with Crippen molar-refractivity contribution in [3.8, 4) is 0 Å². The molecule has 202 valence electrons. The van der Waals surface area contributed by atoms with E-state index in [4.69, 9.17) is 10.7 Å². The van der Waals surface area contributed by atoms with Gasteiger partial charge in [-0.2, -0.15) is 4.98 Å². The standard InChI is InChI=1S/C27H35N7O4/c1-5-22(36)29-20-11-7-6-10-19(20)21(35)16-34-25(37)23-24(31(4)27(34)38)30-26(33(23)14-12-17(2)3)32-13-8-9-18(28)15-32/h6-7,10-12,18H,5,8-9,13-16,28H2,1-4H3,(H,29,36). The number of hydrogen-bond donors (Lipinski definition) is 2. The zero-order valence-corrected chi connectivity index (χ0v) is 22.4. The SMILES string of the molecule is CCC(=O)Nc1ccccc1C(=O)Cn1c(=O)c2c(nc(N3CCCC(N)C3)n2CC=C(C)C)n(C)c1=O. The lowest BCUT2D eigenvalue weighted by atomic mass is 10.1. The van der Waals surface area contributed by atoms with E-state index in [2.05, 4.69) is 10.2 Å². The van der Waals surface area contributed by atoms with E-state index < -0.39 is 23.6 Å². The van der Waals surface area contributed by atoms with E-state index >= 15 is 0 Å². The Bertz CT molecular complexity index is 1520. The highest BCUT2D eigenvalue weighted by Gasteiger charge is 2.27. The number of carbonyl (C=O) groups excluding carboxylic acids is 2. The minimum absolute atomic E-state index is 0.00756. The van der Waals surface area contributed by atoms with Crippen LogP contribution in [0.25, 0.3) is 11.2 Å². The number of nitrogens with two attached hydrogens (primary N) is 1. The number of benzene rings is 1. The van der Waals surface area contributed by atoms with Crippen molar-refractivity contribution in [1.29, 1.82) is 0 Å². The molecule has 1 aliphatic heterocycles. The van der Waals surface area contributed by atoms with Crippen molar-refractivity contribution >= 4 is 34.5 Å². The number of allylic oxidation sites excluding steroid dienone is 2. The topological polar surface area (TPSA) is 137 Å². The minimum atomic E-state index is -0.639. The Hall–Kier alpha value is -3.99. The Morgan fingerprint density at radius 1 is 1.18 bits per heavy atom. The number of rotatable bonds is 8. The minimum Gasteiger partial charge on any atom is -0.341 e. The number of para-hydroxylation sites is 1. The van der Waals surface area contributed by atoms with Crippen molar-refractivity contribution in [2.45, 2.75) is 59.2 Å². The van der Waals surface area contributed by atoms with Gasteiger partial charge in [-0.1, -0.05) is 30.7 Å². The molecule has 11 nitrogen and oxygen atoms in total. The number of Topliss-reactive ketones (excluding diaryl/α,β-unsaturated/α-hetero) is 1. The Kier molecular flexibility index (Phi) is 7.96. The smallest absolute Gasteiger partial charge is 0.332 e. The van der Waals surface area contributed by atoms with E-state index in [-0.39, 0.29) is 35.1 Å². The number of aryl methyl sites for hydroxylation is 1. The number of nitrogens with zero attached hydrogens (tertiary/aromatic N) is 5. The molecule has 1 fully saturated rings. The third-order valence-electron chi connectivity index (χ3n) is 6.76. The van der Waals surface area contributed by atoms with Crippen molar-refractivity contribution in [2.75, 3.05) is 23.3 Å². The fourth-order valence-electron chi connectivity index (χ4n) is 4.68. The van der Waals surface area contributed by atoms with Gasteiger partial charge in [-0.15, -0.1) is 0 Å². The first kappa shape index (κ1) is 27.1. The number of ketones is 1. The summed E-state index contributed by atoms with van der Waals surface area (Å²) in [6.07, 6.45) is 4.05. The van der Waals surface area contributed by atoms with Gasteiger partial charge >= 0.3 is 5.69 Å². The van der Waals surface area contributed by atoms with Crippen molar-refractivity contribution in [2.24, 2.45) is 12.8 Å². The lowest BCUT2D eigenvalue weighted by Gasteiger charge is -2.31. The van der Waals surface area contributed by atoms with Crippen molar-refractivity contribution in [3.63, 3.8) is 0 Å². The fraction of sp³-hybridized carbons (Fsp3) is 0.444.